The molecule has 0 saturated heterocycles. The summed E-state index contributed by atoms with van der Waals surface area (Å²) in [5.41, 5.74) is -0.317. The zero-order valence-corrected chi connectivity index (χ0v) is 19.1. The van der Waals surface area contributed by atoms with E-state index in [1.807, 2.05) is 0 Å². The number of rotatable bonds is 10. The molecule has 1 amide bonds. The monoisotopic (exact) mass is 489 g/mol. The highest BCUT2D eigenvalue weighted by atomic mass is 32.2. The van der Waals surface area contributed by atoms with Crippen molar-refractivity contribution in [3.05, 3.63) is 34.4 Å². The van der Waals surface area contributed by atoms with Crippen molar-refractivity contribution in [1.82, 2.24) is 10.2 Å². The van der Waals surface area contributed by atoms with Crippen molar-refractivity contribution in [3.8, 4) is 0 Å². The summed E-state index contributed by atoms with van der Waals surface area (Å²) in [6.45, 7) is 1.61. The number of hydrogen-bond donors (Lipinski definition) is 1. The van der Waals surface area contributed by atoms with Gasteiger partial charge in [0.25, 0.3) is 5.69 Å². The molecule has 0 spiro atoms. The molecule has 0 aliphatic rings. The average molecular weight is 490 g/mol. The Morgan fingerprint density at radius 2 is 2.10 bits per heavy atom. The van der Waals surface area contributed by atoms with Crippen LogP contribution < -0.4 is 9.62 Å². The van der Waals surface area contributed by atoms with Gasteiger partial charge in [0.15, 0.2) is 4.34 Å². The first kappa shape index (κ1) is 24.5. The number of aromatic nitrogens is 2. The molecule has 1 aromatic heterocycles. The van der Waals surface area contributed by atoms with Gasteiger partial charge in [-0.2, -0.15) is 0 Å². The van der Waals surface area contributed by atoms with Gasteiger partial charge >= 0.3 is 5.97 Å². The van der Waals surface area contributed by atoms with Crippen LogP contribution in [0.25, 0.3) is 0 Å². The molecule has 0 unspecified atom stereocenters. The fourth-order valence-corrected chi connectivity index (χ4v) is 5.28. The number of anilines is 2. The number of hydrogen-bond acceptors (Lipinski definition) is 11. The maximum Gasteiger partial charge on any atom is 0.316 e. The van der Waals surface area contributed by atoms with Gasteiger partial charge in [0.1, 0.15) is 6.04 Å². The Hall–Kier alpha value is -2.78. The summed E-state index contributed by atoms with van der Waals surface area (Å²) >= 11 is 2.08. The largest absolute Gasteiger partial charge is 0.468 e. The molecule has 2 rings (SSSR count). The van der Waals surface area contributed by atoms with Crippen LogP contribution in [0, 0.1) is 10.1 Å². The lowest BCUT2D eigenvalue weighted by Gasteiger charge is -2.29. The first-order valence-corrected chi connectivity index (χ1v) is 12.3. The fourth-order valence-electron chi connectivity index (χ4n) is 2.49. The predicted molar refractivity (Wildman–Crippen MR) is 116 cm³/mol. The number of carbonyl (C=O) groups is 2. The summed E-state index contributed by atoms with van der Waals surface area (Å²) in [6.07, 6.45) is 0.999. The molecule has 1 atom stereocenters. The number of non-ortho nitro benzene ring substituents is 1. The number of methoxy groups -OCH3 is 1. The van der Waals surface area contributed by atoms with E-state index in [1.165, 1.54) is 25.3 Å². The van der Waals surface area contributed by atoms with Crippen LogP contribution in [-0.4, -0.2) is 60.6 Å². The molecule has 0 aliphatic carbocycles. The van der Waals surface area contributed by atoms with Crippen molar-refractivity contribution in [2.45, 2.75) is 23.7 Å². The first-order valence-electron chi connectivity index (χ1n) is 8.64. The zero-order chi connectivity index (χ0) is 23.2. The number of carbonyl (C=O) groups excluding carboxylic acids is 2. The van der Waals surface area contributed by atoms with Gasteiger partial charge in [-0.3, -0.25) is 29.3 Å². The van der Waals surface area contributed by atoms with E-state index in [1.54, 1.807) is 6.92 Å². The minimum atomic E-state index is -3.96. The van der Waals surface area contributed by atoms with Gasteiger partial charge in [0, 0.05) is 12.1 Å². The van der Waals surface area contributed by atoms with Gasteiger partial charge in [-0.25, -0.2) is 8.42 Å². The number of amides is 1. The van der Waals surface area contributed by atoms with Crippen LogP contribution in [0.5, 0.6) is 0 Å². The van der Waals surface area contributed by atoms with Gasteiger partial charge in [-0.1, -0.05) is 36.1 Å². The standard InChI is InChI=1S/C16H19N5O7S3/c1-4-12(14(23)17-15-18-19-16(30-15)29-9-13(22)28-2)20(31(3,26)27)10-6-5-7-11(8-10)21(24)25/h5-8,12H,4,9H2,1-3H3,(H,17,18,23)/t12-/m0/s1. The van der Waals surface area contributed by atoms with Gasteiger partial charge < -0.3 is 4.74 Å². The number of nitro benzene ring substituents is 1. The second-order valence-electron chi connectivity index (χ2n) is 5.99. The van der Waals surface area contributed by atoms with E-state index in [0.29, 0.717) is 4.34 Å². The van der Waals surface area contributed by atoms with E-state index in [-0.39, 0.29) is 28.7 Å². The SMILES string of the molecule is CC[C@@H](C(=O)Nc1nnc(SCC(=O)OC)s1)N(c1cccc([N+](=O)[O-])c1)S(C)(=O)=O. The van der Waals surface area contributed by atoms with Crippen molar-refractivity contribution in [1.29, 1.82) is 0 Å². The van der Waals surface area contributed by atoms with Gasteiger partial charge in [-0.05, 0) is 12.5 Å². The number of esters is 1. The Bertz CT molecular complexity index is 1070. The molecule has 1 heterocycles. The molecule has 2 aromatic rings. The predicted octanol–water partition coefficient (Wildman–Crippen LogP) is 1.89. The number of sulfonamides is 1. The maximum atomic E-state index is 12.9. The third-order valence-electron chi connectivity index (χ3n) is 3.80. The highest BCUT2D eigenvalue weighted by Gasteiger charge is 2.32. The van der Waals surface area contributed by atoms with Crippen LogP contribution >= 0.6 is 23.1 Å². The quantitative estimate of drug-likeness (QED) is 0.171. The van der Waals surface area contributed by atoms with Crippen LogP contribution in [0.2, 0.25) is 0 Å². The van der Waals surface area contributed by atoms with Gasteiger partial charge in [0.05, 0.1) is 29.7 Å². The minimum absolute atomic E-state index is 0.00899. The molecular formula is C16H19N5O7S3. The van der Waals surface area contributed by atoms with Crippen molar-refractivity contribution < 1.29 is 27.7 Å². The van der Waals surface area contributed by atoms with Crippen LogP contribution in [0.3, 0.4) is 0 Å². The number of nitrogens with zero attached hydrogens (tertiary/aromatic N) is 4. The molecular weight excluding hydrogens is 470 g/mol. The number of ether oxygens (including phenoxy) is 1. The lowest BCUT2D eigenvalue weighted by atomic mass is 10.2. The summed E-state index contributed by atoms with van der Waals surface area (Å²) in [6, 6.07) is 3.83. The Kier molecular flexibility index (Phi) is 8.29. The minimum Gasteiger partial charge on any atom is -0.468 e. The summed E-state index contributed by atoms with van der Waals surface area (Å²) < 4.78 is 30.7. The van der Waals surface area contributed by atoms with Crippen LogP contribution in [0.1, 0.15) is 13.3 Å². The number of thioether (sulfide) groups is 1. The van der Waals surface area contributed by atoms with Gasteiger partial charge in [0.2, 0.25) is 21.1 Å². The summed E-state index contributed by atoms with van der Waals surface area (Å²) in [4.78, 5) is 34.5. The van der Waals surface area contributed by atoms with E-state index in [2.05, 4.69) is 20.3 Å². The fraction of sp³-hybridized carbons (Fsp3) is 0.375. The second kappa shape index (κ2) is 10.5. The van der Waals surface area contributed by atoms with Crippen LogP contribution in [0.15, 0.2) is 28.6 Å². The number of nitro groups is 1. The molecule has 0 radical (unpaired) electrons. The average Bonchev–Trinajstić information content (AvgIpc) is 3.16. The maximum absolute atomic E-state index is 12.9. The van der Waals surface area contributed by atoms with E-state index >= 15 is 0 Å². The van der Waals surface area contributed by atoms with Crippen molar-refractivity contribution in [3.63, 3.8) is 0 Å². The summed E-state index contributed by atoms with van der Waals surface area (Å²) in [5.74, 6) is -1.11. The Labute approximate surface area is 186 Å². The Morgan fingerprint density at radius 3 is 2.68 bits per heavy atom. The molecule has 0 fully saturated rings. The summed E-state index contributed by atoms with van der Waals surface area (Å²) in [7, 11) is -2.70. The molecule has 0 bridgehead atoms. The van der Waals surface area contributed by atoms with Crippen molar-refractivity contribution in [2.24, 2.45) is 0 Å². The third kappa shape index (κ3) is 6.60. The second-order valence-corrected chi connectivity index (χ2v) is 10.0. The molecule has 31 heavy (non-hydrogen) atoms. The zero-order valence-electron chi connectivity index (χ0n) is 16.7. The molecule has 1 N–H and O–H groups in total. The highest BCUT2D eigenvalue weighted by Crippen LogP contribution is 2.28. The van der Waals surface area contributed by atoms with E-state index in [0.717, 1.165) is 39.7 Å². The van der Waals surface area contributed by atoms with Crippen LogP contribution in [-0.2, 0) is 24.3 Å². The van der Waals surface area contributed by atoms with Crippen molar-refractivity contribution >= 4 is 61.5 Å². The molecule has 1 aromatic carbocycles. The van der Waals surface area contributed by atoms with E-state index < -0.39 is 32.9 Å². The van der Waals surface area contributed by atoms with Crippen LogP contribution in [0.4, 0.5) is 16.5 Å². The highest BCUT2D eigenvalue weighted by molar-refractivity contribution is 8.01. The molecule has 12 nitrogen and oxygen atoms in total. The van der Waals surface area contributed by atoms with E-state index in [4.69, 9.17) is 0 Å². The number of nitrogens with one attached hydrogen (secondary N) is 1. The first-order chi connectivity index (χ1) is 14.6. The Balaban J connectivity index is 2.26. The number of benzene rings is 1. The molecule has 0 aliphatic heterocycles. The normalized spacial score (nSPS) is 12.1. The lowest BCUT2D eigenvalue weighted by molar-refractivity contribution is -0.384. The molecule has 168 valence electrons. The molecule has 15 heteroatoms. The molecule has 0 saturated carbocycles. The lowest BCUT2D eigenvalue weighted by Crippen LogP contribution is -2.47. The van der Waals surface area contributed by atoms with E-state index in [9.17, 15) is 28.1 Å². The third-order valence-corrected chi connectivity index (χ3v) is 6.93. The van der Waals surface area contributed by atoms with Crippen molar-refractivity contribution in [2.75, 3.05) is 28.7 Å². The Morgan fingerprint density at radius 1 is 1.39 bits per heavy atom. The van der Waals surface area contributed by atoms with Gasteiger partial charge in [-0.15, -0.1) is 10.2 Å². The smallest absolute Gasteiger partial charge is 0.316 e. The summed E-state index contributed by atoms with van der Waals surface area (Å²) in [5, 5.41) is 21.4. The topological polar surface area (TPSA) is 162 Å².